The van der Waals surface area contributed by atoms with Crippen LogP contribution in [0.3, 0.4) is 0 Å². The Balaban J connectivity index is 1.66. The van der Waals surface area contributed by atoms with E-state index in [4.69, 9.17) is 17.0 Å². The van der Waals surface area contributed by atoms with Gasteiger partial charge in [0.2, 0.25) is 0 Å². The summed E-state index contributed by atoms with van der Waals surface area (Å²) in [6, 6.07) is 14.8. The number of thiocarbonyl (C=S) groups is 1. The van der Waals surface area contributed by atoms with E-state index < -0.39 is 0 Å². The van der Waals surface area contributed by atoms with Crippen molar-refractivity contribution in [1.29, 1.82) is 0 Å². The topological polar surface area (TPSA) is 36.5 Å². The van der Waals surface area contributed by atoms with E-state index in [0.29, 0.717) is 11.2 Å². The number of rotatable bonds is 5. The van der Waals surface area contributed by atoms with Crippen molar-refractivity contribution in [2.75, 3.05) is 31.6 Å². The van der Waals surface area contributed by atoms with E-state index in [1.165, 1.54) is 4.88 Å². The highest BCUT2D eigenvalue weighted by molar-refractivity contribution is 7.80. The Labute approximate surface area is 152 Å². The molecule has 1 aliphatic rings. The highest BCUT2D eigenvalue weighted by Gasteiger charge is 2.28. The van der Waals surface area contributed by atoms with Crippen LogP contribution >= 0.6 is 23.6 Å². The van der Waals surface area contributed by atoms with E-state index in [-0.39, 0.29) is 6.04 Å². The number of ether oxygens (including phenoxy) is 1. The molecular formula is C18H23N3OS2. The Morgan fingerprint density at radius 3 is 2.58 bits per heavy atom. The fourth-order valence-electron chi connectivity index (χ4n) is 3.03. The minimum absolute atomic E-state index is 0.200. The lowest BCUT2D eigenvalue weighted by molar-refractivity contribution is 0.0110. The van der Waals surface area contributed by atoms with E-state index in [2.05, 4.69) is 40.0 Å². The van der Waals surface area contributed by atoms with E-state index in [9.17, 15) is 0 Å². The van der Waals surface area contributed by atoms with Gasteiger partial charge in [-0.05, 0) is 42.7 Å². The van der Waals surface area contributed by atoms with Crippen molar-refractivity contribution in [1.82, 2.24) is 10.2 Å². The molecule has 0 bridgehead atoms. The van der Waals surface area contributed by atoms with Gasteiger partial charge in [-0.3, -0.25) is 4.90 Å². The number of morpholine rings is 1. The van der Waals surface area contributed by atoms with Crippen LogP contribution in [-0.4, -0.2) is 42.4 Å². The summed E-state index contributed by atoms with van der Waals surface area (Å²) in [5.74, 6) is 0. The number of nitrogens with zero attached hydrogens (tertiary/aromatic N) is 1. The van der Waals surface area contributed by atoms with Crippen molar-refractivity contribution in [2.45, 2.75) is 19.0 Å². The smallest absolute Gasteiger partial charge is 0.171 e. The fourth-order valence-corrected chi connectivity index (χ4v) is 4.30. The minimum Gasteiger partial charge on any atom is -0.379 e. The van der Waals surface area contributed by atoms with Crippen molar-refractivity contribution < 1.29 is 4.74 Å². The summed E-state index contributed by atoms with van der Waals surface area (Å²) in [5, 5.41) is 9.51. The average Bonchev–Trinajstić information content (AvgIpc) is 3.11. The molecule has 3 rings (SSSR count). The lowest BCUT2D eigenvalue weighted by Gasteiger charge is -2.38. The van der Waals surface area contributed by atoms with Gasteiger partial charge < -0.3 is 15.4 Å². The van der Waals surface area contributed by atoms with Crippen LogP contribution in [0.5, 0.6) is 0 Å². The summed E-state index contributed by atoms with van der Waals surface area (Å²) < 4.78 is 5.51. The third-order valence-electron chi connectivity index (χ3n) is 4.14. The molecule has 128 valence electrons. The van der Waals surface area contributed by atoms with Crippen LogP contribution < -0.4 is 10.6 Å². The van der Waals surface area contributed by atoms with Gasteiger partial charge in [0.25, 0.3) is 0 Å². The normalized spacial score (nSPS) is 17.9. The van der Waals surface area contributed by atoms with Gasteiger partial charge in [0.1, 0.15) is 0 Å². The maximum Gasteiger partial charge on any atom is 0.171 e. The van der Waals surface area contributed by atoms with Crippen LogP contribution in [0.2, 0.25) is 0 Å². The van der Waals surface area contributed by atoms with Gasteiger partial charge in [0, 0.05) is 29.7 Å². The highest BCUT2D eigenvalue weighted by Crippen LogP contribution is 2.29. The van der Waals surface area contributed by atoms with Gasteiger partial charge in [-0.2, -0.15) is 0 Å². The first-order valence-corrected chi connectivity index (χ1v) is 9.50. The second kappa shape index (κ2) is 8.58. The lowest BCUT2D eigenvalue weighted by Crippen LogP contribution is -2.49. The zero-order valence-corrected chi connectivity index (χ0v) is 15.4. The molecule has 1 aromatic heterocycles. The maximum atomic E-state index is 5.51. The lowest BCUT2D eigenvalue weighted by atomic mass is 10.1. The average molecular weight is 362 g/mol. The molecule has 6 heteroatoms. The molecule has 0 amide bonds. The number of anilines is 1. The predicted molar refractivity (Wildman–Crippen MR) is 105 cm³/mol. The Morgan fingerprint density at radius 2 is 1.92 bits per heavy atom. The van der Waals surface area contributed by atoms with Crippen molar-refractivity contribution in [3.63, 3.8) is 0 Å². The van der Waals surface area contributed by atoms with Gasteiger partial charge >= 0.3 is 0 Å². The summed E-state index contributed by atoms with van der Waals surface area (Å²) >= 11 is 7.30. The zero-order chi connectivity index (χ0) is 16.8. The molecular weight excluding hydrogens is 338 g/mol. The summed E-state index contributed by atoms with van der Waals surface area (Å²) in [7, 11) is 0. The molecule has 4 nitrogen and oxygen atoms in total. The molecule has 24 heavy (non-hydrogen) atoms. The van der Waals surface area contributed by atoms with Crippen molar-refractivity contribution in [3.8, 4) is 0 Å². The molecule has 2 atom stereocenters. The number of thiophene rings is 1. The largest absolute Gasteiger partial charge is 0.379 e. The molecule has 0 aliphatic carbocycles. The Kier molecular flexibility index (Phi) is 6.20. The predicted octanol–water partition coefficient (Wildman–Crippen LogP) is 3.50. The summed E-state index contributed by atoms with van der Waals surface area (Å²) in [6.45, 7) is 5.68. The number of para-hydroxylation sites is 1. The van der Waals surface area contributed by atoms with Crippen molar-refractivity contribution in [2.24, 2.45) is 0 Å². The first-order chi connectivity index (χ1) is 11.7. The molecule has 2 aromatic rings. The second-order valence-corrected chi connectivity index (χ2v) is 7.25. The monoisotopic (exact) mass is 361 g/mol. The van der Waals surface area contributed by atoms with E-state index in [0.717, 1.165) is 32.0 Å². The number of benzene rings is 1. The number of hydrogen-bond acceptors (Lipinski definition) is 4. The Hall–Kier alpha value is -1.47. The van der Waals surface area contributed by atoms with Gasteiger partial charge in [0.15, 0.2) is 5.11 Å². The van der Waals surface area contributed by atoms with E-state index in [1.54, 1.807) is 11.3 Å². The first kappa shape index (κ1) is 17.4. The summed E-state index contributed by atoms with van der Waals surface area (Å²) in [4.78, 5) is 3.84. The van der Waals surface area contributed by atoms with Crippen LogP contribution in [0, 0.1) is 0 Å². The zero-order valence-electron chi connectivity index (χ0n) is 13.8. The molecule has 2 N–H and O–H groups in total. The summed E-state index contributed by atoms with van der Waals surface area (Å²) in [6.07, 6.45) is 0. The van der Waals surface area contributed by atoms with Crippen LogP contribution in [-0.2, 0) is 4.74 Å². The molecule has 1 aromatic carbocycles. The highest BCUT2D eigenvalue weighted by atomic mass is 32.1. The maximum absolute atomic E-state index is 5.51. The third kappa shape index (κ3) is 4.54. The Bertz CT molecular complexity index is 627. The molecule has 0 radical (unpaired) electrons. The third-order valence-corrected chi connectivity index (χ3v) is 5.30. The summed E-state index contributed by atoms with van der Waals surface area (Å²) in [5.41, 5.74) is 1.00. The Morgan fingerprint density at radius 1 is 1.17 bits per heavy atom. The standard InChI is InChI=1S/C18H23N3OS2/c1-14(19-18(23)20-15-6-3-2-4-7-15)17(16-8-5-13-24-16)21-9-11-22-12-10-21/h2-8,13-14,17H,9-12H2,1H3,(H2,19,20,23)/t14-,17-/m0/s1. The van der Waals surface area contributed by atoms with Crippen LogP contribution in [0.1, 0.15) is 17.8 Å². The van der Waals surface area contributed by atoms with Gasteiger partial charge in [0.05, 0.1) is 19.3 Å². The molecule has 0 saturated carbocycles. The van der Waals surface area contributed by atoms with Gasteiger partial charge in [-0.25, -0.2) is 0 Å². The molecule has 1 fully saturated rings. The SMILES string of the molecule is C[C@H](NC(=S)Nc1ccccc1)[C@@H](c1cccs1)N1CCOCC1. The number of hydrogen-bond donors (Lipinski definition) is 2. The van der Waals surface area contributed by atoms with Crippen molar-refractivity contribution in [3.05, 3.63) is 52.7 Å². The molecule has 1 aliphatic heterocycles. The number of nitrogens with one attached hydrogen (secondary N) is 2. The second-order valence-electron chi connectivity index (χ2n) is 5.86. The minimum atomic E-state index is 0.200. The van der Waals surface area contributed by atoms with Crippen molar-refractivity contribution >= 4 is 34.4 Å². The quantitative estimate of drug-likeness (QED) is 0.797. The molecule has 0 unspecified atom stereocenters. The fraction of sp³-hybridized carbons (Fsp3) is 0.389. The molecule has 1 saturated heterocycles. The molecule has 0 spiro atoms. The van der Waals surface area contributed by atoms with Gasteiger partial charge in [-0.15, -0.1) is 11.3 Å². The van der Waals surface area contributed by atoms with Gasteiger partial charge in [-0.1, -0.05) is 24.3 Å². The first-order valence-electron chi connectivity index (χ1n) is 8.22. The van der Waals surface area contributed by atoms with E-state index in [1.807, 2.05) is 30.3 Å². The van der Waals surface area contributed by atoms with Crippen LogP contribution in [0.25, 0.3) is 0 Å². The van der Waals surface area contributed by atoms with Crippen LogP contribution in [0.4, 0.5) is 5.69 Å². The molecule has 2 heterocycles. The van der Waals surface area contributed by atoms with E-state index >= 15 is 0 Å². The van der Waals surface area contributed by atoms with Crippen LogP contribution in [0.15, 0.2) is 47.8 Å².